The Morgan fingerprint density at radius 3 is 2.52 bits per heavy atom. The van der Waals surface area contributed by atoms with Gasteiger partial charge in [0, 0.05) is 16.2 Å². The summed E-state index contributed by atoms with van der Waals surface area (Å²) in [6.07, 6.45) is -3.11. The number of anilines is 1. The molecule has 122 valence electrons. The number of aliphatic imine (C=N–C) groups is 1. The Balaban J connectivity index is 2.22. The number of thiophene rings is 1. The van der Waals surface area contributed by atoms with Crippen LogP contribution >= 0.6 is 11.3 Å². The number of benzene rings is 1. The number of ether oxygens (including phenoxy) is 1. The fourth-order valence-electron chi connectivity index (χ4n) is 1.96. The molecule has 0 spiro atoms. The van der Waals surface area contributed by atoms with Crippen LogP contribution < -0.4 is 10.1 Å². The van der Waals surface area contributed by atoms with E-state index in [1.54, 1.807) is 17.5 Å². The van der Waals surface area contributed by atoms with Gasteiger partial charge in [0.05, 0.1) is 5.69 Å². The smallest absolute Gasteiger partial charge is 0.406 e. The average molecular weight is 340 g/mol. The zero-order valence-electron chi connectivity index (χ0n) is 12.6. The second-order valence-corrected chi connectivity index (χ2v) is 5.94. The molecule has 3 nitrogen and oxygen atoms in total. The number of halogens is 3. The van der Waals surface area contributed by atoms with Gasteiger partial charge in [-0.1, -0.05) is 6.58 Å². The molecule has 1 aromatic carbocycles. The van der Waals surface area contributed by atoms with E-state index in [-0.39, 0.29) is 5.75 Å². The summed E-state index contributed by atoms with van der Waals surface area (Å²) in [6.45, 7) is 7.47. The van der Waals surface area contributed by atoms with Crippen LogP contribution in [0.4, 0.5) is 23.9 Å². The monoisotopic (exact) mass is 340 g/mol. The van der Waals surface area contributed by atoms with Crippen LogP contribution in [0, 0.1) is 6.92 Å². The molecule has 0 fully saturated rings. The predicted octanol–water partition coefficient (Wildman–Crippen LogP) is 5.65. The van der Waals surface area contributed by atoms with Crippen LogP contribution in [-0.2, 0) is 0 Å². The zero-order chi connectivity index (χ0) is 17.0. The zero-order valence-corrected chi connectivity index (χ0v) is 13.4. The van der Waals surface area contributed by atoms with Crippen LogP contribution in [0.3, 0.4) is 0 Å². The topological polar surface area (TPSA) is 33.6 Å². The molecule has 1 aromatic heterocycles. The normalized spacial score (nSPS) is 12.1. The van der Waals surface area contributed by atoms with Gasteiger partial charge in [0.15, 0.2) is 0 Å². The minimum Gasteiger partial charge on any atom is -0.406 e. The highest BCUT2D eigenvalue weighted by molar-refractivity contribution is 7.16. The number of hydrogen-bond acceptors (Lipinski definition) is 4. The molecule has 0 aliphatic heterocycles. The number of nitrogens with one attached hydrogen (secondary N) is 1. The lowest BCUT2D eigenvalue weighted by molar-refractivity contribution is -0.274. The predicted molar refractivity (Wildman–Crippen MR) is 87.9 cm³/mol. The van der Waals surface area contributed by atoms with Crippen LogP contribution in [0.5, 0.6) is 5.75 Å². The SMILES string of the molecule is C=CNc1sc(C)cc1C(C)=Nc1ccc(OC(F)(F)F)cc1. The Hall–Kier alpha value is -2.28. The van der Waals surface area contributed by atoms with Crippen LogP contribution in [0.1, 0.15) is 17.4 Å². The number of nitrogens with zero attached hydrogens (tertiary/aromatic N) is 1. The van der Waals surface area contributed by atoms with Crippen molar-refractivity contribution in [3.63, 3.8) is 0 Å². The van der Waals surface area contributed by atoms with Crippen molar-refractivity contribution in [1.29, 1.82) is 0 Å². The van der Waals surface area contributed by atoms with Crippen molar-refractivity contribution in [1.82, 2.24) is 0 Å². The summed E-state index contributed by atoms with van der Waals surface area (Å²) in [5.74, 6) is -0.269. The minimum absolute atomic E-state index is 0.269. The highest BCUT2D eigenvalue weighted by atomic mass is 32.1. The van der Waals surface area contributed by atoms with Gasteiger partial charge in [0.2, 0.25) is 0 Å². The summed E-state index contributed by atoms with van der Waals surface area (Å²) in [4.78, 5) is 5.55. The third-order valence-corrected chi connectivity index (χ3v) is 3.83. The maximum absolute atomic E-state index is 12.1. The van der Waals surface area contributed by atoms with Crippen LogP contribution in [0.2, 0.25) is 0 Å². The third kappa shape index (κ3) is 4.85. The van der Waals surface area contributed by atoms with E-state index in [9.17, 15) is 13.2 Å². The lowest BCUT2D eigenvalue weighted by atomic mass is 10.2. The van der Waals surface area contributed by atoms with E-state index in [1.165, 1.54) is 24.3 Å². The van der Waals surface area contributed by atoms with Crippen LogP contribution in [0.15, 0.2) is 48.1 Å². The quantitative estimate of drug-likeness (QED) is 0.714. The fourth-order valence-corrected chi connectivity index (χ4v) is 2.92. The molecule has 1 heterocycles. The van der Waals surface area contributed by atoms with Gasteiger partial charge in [-0.25, -0.2) is 0 Å². The number of rotatable bonds is 5. The molecule has 0 unspecified atom stereocenters. The minimum atomic E-state index is -4.69. The molecular formula is C16H15F3N2OS. The standard InChI is InChI=1S/C16H15F3N2OS/c1-4-20-15-14(9-10(2)23-15)11(3)21-12-5-7-13(8-6-12)22-16(17,18)19/h4-9,20H,1H2,2-3H3. The summed E-state index contributed by atoms with van der Waals surface area (Å²) in [5, 5.41) is 3.98. The van der Waals surface area contributed by atoms with Gasteiger partial charge in [-0.3, -0.25) is 4.99 Å². The van der Waals surface area contributed by atoms with Gasteiger partial charge in [-0.2, -0.15) is 0 Å². The second kappa shape index (κ2) is 6.87. The van der Waals surface area contributed by atoms with Crippen LogP contribution in [0.25, 0.3) is 0 Å². The summed E-state index contributed by atoms with van der Waals surface area (Å²) >= 11 is 1.58. The molecule has 23 heavy (non-hydrogen) atoms. The van der Waals surface area contributed by atoms with E-state index in [0.29, 0.717) is 5.69 Å². The summed E-state index contributed by atoms with van der Waals surface area (Å²) in [7, 11) is 0. The highest BCUT2D eigenvalue weighted by Crippen LogP contribution is 2.30. The molecule has 0 bridgehead atoms. The molecule has 7 heteroatoms. The van der Waals surface area contributed by atoms with Gasteiger partial charge < -0.3 is 10.1 Å². The molecular weight excluding hydrogens is 325 g/mol. The van der Waals surface area contributed by atoms with Crippen molar-refractivity contribution in [2.24, 2.45) is 4.99 Å². The largest absolute Gasteiger partial charge is 0.573 e. The first-order valence-electron chi connectivity index (χ1n) is 6.68. The molecule has 0 aliphatic rings. The van der Waals surface area contributed by atoms with Crippen molar-refractivity contribution in [3.05, 3.63) is 53.6 Å². The molecule has 0 saturated heterocycles. The first-order valence-corrected chi connectivity index (χ1v) is 7.49. The maximum atomic E-state index is 12.1. The highest BCUT2D eigenvalue weighted by Gasteiger charge is 2.30. The Morgan fingerprint density at radius 2 is 1.96 bits per heavy atom. The van der Waals surface area contributed by atoms with Gasteiger partial charge in [-0.05, 0) is 50.4 Å². The first kappa shape index (κ1) is 17.1. The number of alkyl halides is 3. The van der Waals surface area contributed by atoms with Gasteiger partial charge >= 0.3 is 6.36 Å². The summed E-state index contributed by atoms with van der Waals surface area (Å²) in [5.41, 5.74) is 2.23. The lowest BCUT2D eigenvalue weighted by Crippen LogP contribution is -2.16. The van der Waals surface area contributed by atoms with Crippen molar-refractivity contribution >= 4 is 27.7 Å². The first-order chi connectivity index (χ1) is 10.8. The van der Waals surface area contributed by atoms with E-state index < -0.39 is 6.36 Å². The van der Waals surface area contributed by atoms with Gasteiger partial charge in [-0.15, -0.1) is 24.5 Å². The van der Waals surface area contributed by atoms with Crippen molar-refractivity contribution in [3.8, 4) is 5.75 Å². The maximum Gasteiger partial charge on any atom is 0.573 e. The van der Waals surface area contributed by atoms with E-state index in [0.717, 1.165) is 21.2 Å². The molecule has 0 atom stereocenters. The molecule has 0 radical (unpaired) electrons. The summed E-state index contributed by atoms with van der Waals surface area (Å²) < 4.78 is 40.2. The van der Waals surface area contributed by atoms with Crippen molar-refractivity contribution in [2.45, 2.75) is 20.2 Å². The van der Waals surface area contributed by atoms with E-state index in [2.05, 4.69) is 21.6 Å². The Kier molecular flexibility index (Phi) is 5.10. The van der Waals surface area contributed by atoms with Crippen LogP contribution in [-0.4, -0.2) is 12.1 Å². The Labute approximate surface area is 136 Å². The van der Waals surface area contributed by atoms with E-state index in [4.69, 9.17) is 0 Å². The molecule has 0 aliphatic carbocycles. The fraction of sp³-hybridized carbons (Fsp3) is 0.188. The van der Waals surface area contributed by atoms with E-state index >= 15 is 0 Å². The van der Waals surface area contributed by atoms with Crippen molar-refractivity contribution in [2.75, 3.05) is 5.32 Å². The molecule has 0 amide bonds. The van der Waals surface area contributed by atoms with E-state index in [1.807, 2.05) is 19.9 Å². The second-order valence-electron chi connectivity index (χ2n) is 4.69. The third-order valence-electron chi connectivity index (χ3n) is 2.85. The van der Waals surface area contributed by atoms with Gasteiger partial charge in [0.1, 0.15) is 10.8 Å². The molecule has 2 aromatic rings. The molecule has 0 saturated carbocycles. The Morgan fingerprint density at radius 1 is 1.30 bits per heavy atom. The lowest BCUT2D eigenvalue weighted by Gasteiger charge is -2.08. The Bertz CT molecular complexity index is 718. The number of aryl methyl sites for hydroxylation is 1. The average Bonchev–Trinajstić information content (AvgIpc) is 2.81. The molecule has 2 rings (SSSR count). The molecule has 1 N–H and O–H groups in total. The van der Waals surface area contributed by atoms with Crippen molar-refractivity contribution < 1.29 is 17.9 Å². The number of hydrogen-bond donors (Lipinski definition) is 1. The summed E-state index contributed by atoms with van der Waals surface area (Å²) in [6, 6.07) is 7.42. The van der Waals surface area contributed by atoms with Gasteiger partial charge in [0.25, 0.3) is 0 Å².